The van der Waals surface area contributed by atoms with Crippen molar-refractivity contribution in [2.45, 2.75) is 9.92 Å². The van der Waals surface area contributed by atoms with E-state index >= 15 is 0 Å². The van der Waals surface area contributed by atoms with Crippen LogP contribution >= 0.6 is 11.3 Å². The average molecular weight is 400 g/mol. The second-order valence-electron chi connectivity index (χ2n) is 5.04. The zero-order valence-electron chi connectivity index (χ0n) is 12.7. The number of carboxylic acid groups (broad SMARTS) is 1. The highest BCUT2D eigenvalue weighted by molar-refractivity contribution is 8.04. The van der Waals surface area contributed by atoms with Gasteiger partial charge >= 0.3 is 5.97 Å². The van der Waals surface area contributed by atoms with E-state index in [1.807, 2.05) is 0 Å². The predicted molar refractivity (Wildman–Crippen MR) is 91.7 cm³/mol. The molecule has 0 atom stereocenters. The number of aromatic amines is 1. The van der Waals surface area contributed by atoms with Gasteiger partial charge in [0, 0.05) is 12.4 Å². The number of hydrogen-bond acceptors (Lipinski definition) is 6. The number of H-pyrrole nitrogens is 1. The van der Waals surface area contributed by atoms with Crippen LogP contribution in [0.25, 0.3) is 10.2 Å². The van der Waals surface area contributed by atoms with Gasteiger partial charge in [-0.25, -0.2) is 21.6 Å². The number of aromatic carboxylic acids is 1. The minimum Gasteiger partial charge on any atom is -0.477 e. The van der Waals surface area contributed by atoms with E-state index in [9.17, 15) is 21.6 Å². The van der Waals surface area contributed by atoms with Crippen LogP contribution < -0.4 is 0 Å². The molecule has 0 amide bonds. The molecule has 0 radical (unpaired) electrons. The number of hydrogen-bond donors (Lipinski definition) is 2. The molecule has 2 aromatic heterocycles. The summed E-state index contributed by atoms with van der Waals surface area (Å²) >= 11 is 0.870. The third-order valence-electron chi connectivity index (χ3n) is 3.49. The van der Waals surface area contributed by atoms with Crippen molar-refractivity contribution in [3.8, 4) is 0 Å². The molecular formula is C14H12N2O6S3. The summed E-state index contributed by atoms with van der Waals surface area (Å²) in [6.07, 6.45) is 0. The van der Waals surface area contributed by atoms with E-state index in [1.165, 1.54) is 36.4 Å². The first-order chi connectivity index (χ1) is 11.6. The van der Waals surface area contributed by atoms with Gasteiger partial charge < -0.3 is 10.1 Å². The van der Waals surface area contributed by atoms with Crippen molar-refractivity contribution in [3.63, 3.8) is 0 Å². The fraction of sp³-hybridized carbons (Fsp3) is 0.0714. The molecule has 132 valence electrons. The Morgan fingerprint density at radius 1 is 1.08 bits per heavy atom. The molecule has 3 aromatic rings. The first-order valence-electron chi connectivity index (χ1n) is 6.79. The first-order valence-corrected chi connectivity index (χ1v) is 10.5. The lowest BCUT2D eigenvalue weighted by Gasteiger charge is -2.16. The minimum atomic E-state index is -4.36. The van der Waals surface area contributed by atoms with Crippen molar-refractivity contribution in [2.75, 3.05) is 7.05 Å². The monoisotopic (exact) mass is 400 g/mol. The zero-order chi connectivity index (χ0) is 18.4. The lowest BCUT2D eigenvalue weighted by atomic mass is 10.4. The van der Waals surface area contributed by atoms with Gasteiger partial charge in [-0.1, -0.05) is 21.9 Å². The highest BCUT2D eigenvalue weighted by Crippen LogP contribution is 2.30. The van der Waals surface area contributed by atoms with Crippen molar-refractivity contribution in [1.82, 2.24) is 8.69 Å². The quantitative estimate of drug-likeness (QED) is 0.674. The van der Waals surface area contributed by atoms with E-state index in [2.05, 4.69) is 4.98 Å². The summed E-state index contributed by atoms with van der Waals surface area (Å²) in [6.45, 7) is 0. The van der Waals surface area contributed by atoms with Crippen LogP contribution in [-0.4, -0.2) is 43.7 Å². The Hall–Kier alpha value is -2.21. The number of fused-ring (bicyclic) bond motifs is 1. The van der Waals surface area contributed by atoms with Gasteiger partial charge in [0.05, 0.1) is 4.90 Å². The molecule has 8 nitrogen and oxygen atoms in total. The SMILES string of the molecule is CN(S(=O)(=O)c1ccccc1)S(=O)(=O)c1cc2cc(C(=O)O)sc2[nH]1. The number of sulfonamides is 2. The second-order valence-corrected chi connectivity index (χ2v) is 10.2. The number of benzene rings is 1. The maximum atomic E-state index is 12.6. The number of thiophene rings is 1. The summed E-state index contributed by atoms with van der Waals surface area (Å²) in [5.74, 6) is -1.12. The van der Waals surface area contributed by atoms with Gasteiger partial charge in [-0.05, 0) is 24.3 Å². The summed E-state index contributed by atoms with van der Waals surface area (Å²) in [4.78, 5) is 13.8. The van der Waals surface area contributed by atoms with E-state index in [1.54, 1.807) is 6.07 Å². The second kappa shape index (κ2) is 5.95. The highest BCUT2D eigenvalue weighted by atomic mass is 32.3. The molecule has 3 rings (SSSR count). The molecule has 2 N–H and O–H groups in total. The Morgan fingerprint density at radius 2 is 1.72 bits per heavy atom. The molecule has 0 spiro atoms. The molecule has 0 aliphatic carbocycles. The largest absolute Gasteiger partial charge is 0.477 e. The molecule has 2 heterocycles. The fourth-order valence-electron chi connectivity index (χ4n) is 2.15. The van der Waals surface area contributed by atoms with Crippen molar-refractivity contribution < 1.29 is 26.7 Å². The number of rotatable bonds is 5. The number of carboxylic acids is 1. The molecule has 0 aliphatic rings. The van der Waals surface area contributed by atoms with E-state index in [4.69, 9.17) is 5.11 Å². The summed E-state index contributed by atoms with van der Waals surface area (Å²) in [6, 6.07) is 9.74. The fourth-order valence-corrected chi connectivity index (χ4v) is 6.22. The van der Waals surface area contributed by atoms with E-state index < -0.39 is 26.0 Å². The summed E-state index contributed by atoms with van der Waals surface area (Å²) in [5.41, 5.74) is 0. The van der Waals surface area contributed by atoms with Crippen LogP contribution in [0, 0.1) is 0 Å². The average Bonchev–Trinajstić information content (AvgIpc) is 3.14. The smallest absolute Gasteiger partial charge is 0.345 e. The van der Waals surface area contributed by atoms with Gasteiger partial charge in [0.1, 0.15) is 9.71 Å². The highest BCUT2D eigenvalue weighted by Gasteiger charge is 2.34. The molecule has 1 aromatic carbocycles. The van der Waals surface area contributed by atoms with Crippen molar-refractivity contribution in [1.29, 1.82) is 0 Å². The van der Waals surface area contributed by atoms with Gasteiger partial charge in [-0.15, -0.1) is 11.3 Å². The molecule has 0 unspecified atom stereocenters. The Balaban J connectivity index is 2.04. The molecular weight excluding hydrogens is 388 g/mol. The Labute approximate surface area is 147 Å². The Morgan fingerprint density at radius 3 is 2.28 bits per heavy atom. The maximum Gasteiger partial charge on any atom is 0.345 e. The van der Waals surface area contributed by atoms with E-state index in [0.717, 1.165) is 18.4 Å². The first kappa shape index (κ1) is 17.6. The van der Waals surface area contributed by atoms with Crippen LogP contribution in [0.15, 0.2) is 52.4 Å². The number of carbonyl (C=O) groups is 1. The third-order valence-corrected chi connectivity index (χ3v) is 8.72. The summed E-state index contributed by atoms with van der Waals surface area (Å²) in [7, 11) is -7.66. The van der Waals surface area contributed by atoms with Gasteiger partial charge in [-0.2, -0.15) is 0 Å². The molecule has 0 aliphatic heterocycles. The standard InChI is InChI=1S/C14H12N2O6S3/c1-16(24(19,20)10-5-3-2-4-6-10)25(21,22)12-8-9-7-11(14(17)18)23-13(9)15-12/h2-8,15H,1H3,(H,17,18). The molecule has 0 saturated carbocycles. The van der Waals surface area contributed by atoms with Crippen LogP contribution in [-0.2, 0) is 20.0 Å². The van der Waals surface area contributed by atoms with Crippen molar-refractivity contribution in [2.24, 2.45) is 0 Å². The lowest BCUT2D eigenvalue weighted by molar-refractivity contribution is 0.0702. The molecule has 0 fully saturated rings. The third kappa shape index (κ3) is 2.95. The van der Waals surface area contributed by atoms with Crippen LogP contribution in [0.4, 0.5) is 0 Å². The number of nitrogens with one attached hydrogen (secondary N) is 1. The Kier molecular flexibility index (Phi) is 4.19. The molecule has 0 saturated heterocycles. The summed E-state index contributed by atoms with van der Waals surface area (Å²) in [5, 5.41) is 9.00. The zero-order valence-corrected chi connectivity index (χ0v) is 15.2. The van der Waals surface area contributed by atoms with Crippen LogP contribution in [0.1, 0.15) is 9.67 Å². The van der Waals surface area contributed by atoms with Crippen LogP contribution in [0.2, 0.25) is 0 Å². The Bertz CT molecular complexity index is 1130. The van der Waals surface area contributed by atoms with Crippen LogP contribution in [0.5, 0.6) is 0 Å². The van der Waals surface area contributed by atoms with Gasteiger partial charge in [0.2, 0.25) is 0 Å². The predicted octanol–water partition coefficient (Wildman–Crippen LogP) is 1.94. The van der Waals surface area contributed by atoms with Crippen molar-refractivity contribution >= 4 is 47.6 Å². The number of aromatic nitrogens is 1. The van der Waals surface area contributed by atoms with Crippen LogP contribution in [0.3, 0.4) is 0 Å². The molecule has 11 heteroatoms. The minimum absolute atomic E-state index is 0.0514. The van der Waals surface area contributed by atoms with Crippen molar-refractivity contribution in [3.05, 3.63) is 47.3 Å². The molecule has 25 heavy (non-hydrogen) atoms. The molecule has 0 bridgehead atoms. The van der Waals surface area contributed by atoms with E-state index in [-0.39, 0.29) is 14.8 Å². The maximum absolute atomic E-state index is 12.6. The topological polar surface area (TPSA) is 125 Å². The number of nitrogens with zero attached hydrogens (tertiary/aromatic N) is 1. The lowest BCUT2D eigenvalue weighted by Crippen LogP contribution is -2.33. The van der Waals surface area contributed by atoms with Gasteiger partial charge in [0.15, 0.2) is 5.03 Å². The van der Waals surface area contributed by atoms with E-state index in [0.29, 0.717) is 13.9 Å². The normalized spacial score (nSPS) is 12.7. The van der Waals surface area contributed by atoms with Gasteiger partial charge in [0.25, 0.3) is 20.0 Å². The summed E-state index contributed by atoms with van der Waals surface area (Å²) < 4.78 is 50.6. The van der Waals surface area contributed by atoms with Gasteiger partial charge in [-0.3, -0.25) is 0 Å².